The molecule has 4 heteroatoms. The molecule has 0 saturated carbocycles. The Bertz CT molecular complexity index is 250. The topological polar surface area (TPSA) is 36.3 Å². The number of imidazole rings is 1. The van der Waals surface area contributed by atoms with Crippen molar-refractivity contribution in [2.75, 3.05) is 26.4 Å². The molecule has 0 atom stereocenters. The lowest BCUT2D eigenvalue weighted by molar-refractivity contribution is 0.0434. The number of ether oxygens (including phenoxy) is 2. The molecule has 0 fully saturated rings. The maximum absolute atomic E-state index is 5.47. The summed E-state index contributed by atoms with van der Waals surface area (Å²) in [4.78, 5) is 3.97. The third-order valence-electron chi connectivity index (χ3n) is 2.57. The molecule has 0 saturated heterocycles. The molecule has 1 rings (SSSR count). The standard InChI is InChI=1S/C13H24N2O2/c1-2-3-4-5-9-16-11-12-17-10-8-15-7-6-14-13-15/h6-7,13H,2-5,8-12H2,1H3. The third-order valence-corrected chi connectivity index (χ3v) is 2.57. The van der Waals surface area contributed by atoms with E-state index >= 15 is 0 Å². The Hall–Kier alpha value is -0.870. The van der Waals surface area contributed by atoms with Gasteiger partial charge in [-0.2, -0.15) is 0 Å². The van der Waals surface area contributed by atoms with Crippen molar-refractivity contribution in [3.05, 3.63) is 18.7 Å². The molecule has 0 aliphatic carbocycles. The number of hydrogen-bond donors (Lipinski definition) is 0. The minimum atomic E-state index is 0.683. The second-order valence-electron chi connectivity index (χ2n) is 4.09. The van der Waals surface area contributed by atoms with Gasteiger partial charge in [0.15, 0.2) is 0 Å². The van der Waals surface area contributed by atoms with Crippen molar-refractivity contribution in [3.8, 4) is 0 Å². The minimum Gasteiger partial charge on any atom is -0.379 e. The molecule has 0 radical (unpaired) electrons. The fourth-order valence-electron chi connectivity index (χ4n) is 1.54. The second-order valence-corrected chi connectivity index (χ2v) is 4.09. The van der Waals surface area contributed by atoms with Crippen LogP contribution in [0.25, 0.3) is 0 Å². The molecule has 98 valence electrons. The predicted octanol–water partition coefficient (Wildman–Crippen LogP) is 2.50. The van der Waals surface area contributed by atoms with Crippen molar-refractivity contribution in [2.24, 2.45) is 0 Å². The number of nitrogens with zero attached hydrogens (tertiary/aromatic N) is 2. The van der Waals surface area contributed by atoms with Crippen LogP contribution in [0.2, 0.25) is 0 Å². The van der Waals surface area contributed by atoms with Crippen molar-refractivity contribution >= 4 is 0 Å². The largest absolute Gasteiger partial charge is 0.379 e. The molecule has 0 N–H and O–H groups in total. The lowest BCUT2D eigenvalue weighted by Crippen LogP contribution is -2.09. The summed E-state index contributed by atoms with van der Waals surface area (Å²) in [5.41, 5.74) is 0. The average Bonchev–Trinajstić information content (AvgIpc) is 2.85. The number of hydrogen-bond acceptors (Lipinski definition) is 3. The average molecular weight is 240 g/mol. The predicted molar refractivity (Wildman–Crippen MR) is 68.0 cm³/mol. The fraction of sp³-hybridized carbons (Fsp3) is 0.769. The summed E-state index contributed by atoms with van der Waals surface area (Å²) in [7, 11) is 0. The van der Waals surface area contributed by atoms with Crippen LogP contribution in [0.1, 0.15) is 32.6 Å². The maximum atomic E-state index is 5.47. The summed E-state index contributed by atoms with van der Waals surface area (Å²) in [5.74, 6) is 0. The zero-order valence-corrected chi connectivity index (χ0v) is 10.8. The van der Waals surface area contributed by atoms with E-state index in [4.69, 9.17) is 9.47 Å². The summed E-state index contributed by atoms with van der Waals surface area (Å²) in [6, 6.07) is 0. The Labute approximate surface area is 104 Å². The van der Waals surface area contributed by atoms with E-state index in [9.17, 15) is 0 Å². The highest BCUT2D eigenvalue weighted by molar-refractivity contribution is 4.73. The van der Waals surface area contributed by atoms with E-state index < -0.39 is 0 Å². The highest BCUT2D eigenvalue weighted by Gasteiger charge is 1.92. The fourth-order valence-corrected chi connectivity index (χ4v) is 1.54. The summed E-state index contributed by atoms with van der Waals surface area (Å²) in [5, 5.41) is 0. The third kappa shape index (κ3) is 7.94. The first-order valence-corrected chi connectivity index (χ1v) is 6.54. The van der Waals surface area contributed by atoms with Gasteiger partial charge >= 0.3 is 0 Å². The van der Waals surface area contributed by atoms with Gasteiger partial charge in [-0.1, -0.05) is 26.2 Å². The van der Waals surface area contributed by atoms with Gasteiger partial charge in [-0.3, -0.25) is 0 Å². The molecular weight excluding hydrogens is 216 g/mol. The van der Waals surface area contributed by atoms with E-state index in [1.165, 1.54) is 25.7 Å². The Morgan fingerprint density at radius 3 is 2.53 bits per heavy atom. The van der Waals surface area contributed by atoms with Crippen LogP contribution >= 0.6 is 0 Å². The first-order chi connectivity index (χ1) is 8.43. The molecule has 0 bridgehead atoms. The number of rotatable bonds is 11. The van der Waals surface area contributed by atoms with Crippen molar-refractivity contribution in [3.63, 3.8) is 0 Å². The van der Waals surface area contributed by atoms with Gasteiger partial charge < -0.3 is 14.0 Å². The summed E-state index contributed by atoms with van der Waals surface area (Å²) >= 11 is 0. The second kappa shape index (κ2) is 10.3. The van der Waals surface area contributed by atoms with Gasteiger partial charge in [-0.05, 0) is 6.42 Å². The molecular formula is C13H24N2O2. The van der Waals surface area contributed by atoms with E-state index in [0.29, 0.717) is 13.2 Å². The first-order valence-electron chi connectivity index (χ1n) is 6.54. The van der Waals surface area contributed by atoms with E-state index in [1.807, 2.05) is 10.8 Å². The zero-order valence-electron chi connectivity index (χ0n) is 10.8. The van der Waals surface area contributed by atoms with Gasteiger partial charge in [0.2, 0.25) is 0 Å². The summed E-state index contributed by atoms with van der Waals surface area (Å²) < 4.78 is 12.9. The van der Waals surface area contributed by atoms with E-state index in [-0.39, 0.29) is 0 Å². The van der Waals surface area contributed by atoms with Crippen LogP contribution in [0.5, 0.6) is 0 Å². The zero-order chi connectivity index (χ0) is 12.2. The Morgan fingerprint density at radius 1 is 1.00 bits per heavy atom. The van der Waals surface area contributed by atoms with Gasteiger partial charge in [0, 0.05) is 25.5 Å². The quantitative estimate of drug-likeness (QED) is 0.558. The van der Waals surface area contributed by atoms with E-state index in [2.05, 4.69) is 11.9 Å². The molecule has 17 heavy (non-hydrogen) atoms. The normalized spacial score (nSPS) is 10.9. The molecule has 0 spiro atoms. The van der Waals surface area contributed by atoms with E-state index in [1.54, 1.807) is 12.5 Å². The van der Waals surface area contributed by atoms with Crippen molar-refractivity contribution in [1.82, 2.24) is 9.55 Å². The molecule has 0 amide bonds. The van der Waals surface area contributed by atoms with Gasteiger partial charge in [0.25, 0.3) is 0 Å². The Balaban J connectivity index is 1.76. The Kier molecular flexibility index (Phi) is 8.59. The lowest BCUT2D eigenvalue weighted by atomic mass is 10.2. The van der Waals surface area contributed by atoms with E-state index in [0.717, 1.165) is 19.8 Å². The van der Waals surface area contributed by atoms with Crippen LogP contribution in [-0.2, 0) is 16.0 Å². The van der Waals surface area contributed by atoms with Crippen LogP contribution in [0, 0.1) is 0 Å². The highest BCUT2D eigenvalue weighted by atomic mass is 16.5. The molecule has 1 aromatic rings. The van der Waals surface area contributed by atoms with Crippen LogP contribution in [0.4, 0.5) is 0 Å². The lowest BCUT2D eigenvalue weighted by Gasteiger charge is -2.06. The number of unbranched alkanes of at least 4 members (excludes halogenated alkanes) is 3. The summed E-state index contributed by atoms with van der Waals surface area (Å²) in [6.45, 7) is 6.05. The van der Waals surface area contributed by atoms with Crippen LogP contribution in [0.3, 0.4) is 0 Å². The van der Waals surface area contributed by atoms with Gasteiger partial charge in [0.05, 0.1) is 26.1 Å². The smallest absolute Gasteiger partial charge is 0.0946 e. The van der Waals surface area contributed by atoms with Gasteiger partial charge in [0.1, 0.15) is 0 Å². The first kappa shape index (κ1) is 14.2. The van der Waals surface area contributed by atoms with Crippen molar-refractivity contribution in [2.45, 2.75) is 39.2 Å². The molecule has 1 heterocycles. The van der Waals surface area contributed by atoms with Gasteiger partial charge in [-0.25, -0.2) is 4.98 Å². The summed E-state index contributed by atoms with van der Waals surface area (Å²) in [6.07, 6.45) is 10.5. The molecule has 4 nitrogen and oxygen atoms in total. The molecule has 0 unspecified atom stereocenters. The Morgan fingerprint density at radius 2 is 1.82 bits per heavy atom. The highest BCUT2D eigenvalue weighted by Crippen LogP contribution is 1.98. The monoisotopic (exact) mass is 240 g/mol. The molecule has 0 aliphatic rings. The minimum absolute atomic E-state index is 0.683. The van der Waals surface area contributed by atoms with Crippen LogP contribution in [-0.4, -0.2) is 36.0 Å². The molecule has 0 aromatic carbocycles. The van der Waals surface area contributed by atoms with Crippen molar-refractivity contribution in [1.29, 1.82) is 0 Å². The molecule has 0 aliphatic heterocycles. The molecule has 1 aromatic heterocycles. The number of aromatic nitrogens is 2. The van der Waals surface area contributed by atoms with Gasteiger partial charge in [-0.15, -0.1) is 0 Å². The van der Waals surface area contributed by atoms with Crippen molar-refractivity contribution < 1.29 is 9.47 Å². The SMILES string of the molecule is CCCCCCOCCOCCn1ccnc1. The van der Waals surface area contributed by atoms with Crippen LogP contribution in [0.15, 0.2) is 18.7 Å². The van der Waals surface area contributed by atoms with Crippen LogP contribution < -0.4 is 0 Å². The maximum Gasteiger partial charge on any atom is 0.0946 e.